The molecule has 0 saturated carbocycles. The Labute approximate surface area is 183 Å². The van der Waals surface area contributed by atoms with Crippen molar-refractivity contribution in [2.24, 2.45) is 0 Å². The van der Waals surface area contributed by atoms with Gasteiger partial charge >= 0.3 is 12.1 Å². The molecule has 1 heterocycles. The minimum Gasteiger partial charge on any atom is -0.365 e. The van der Waals surface area contributed by atoms with Crippen LogP contribution >= 0.6 is 11.6 Å². The van der Waals surface area contributed by atoms with Crippen LogP contribution in [-0.4, -0.2) is 17.2 Å². The Morgan fingerprint density at radius 3 is 2.28 bits per heavy atom. The highest BCUT2D eigenvalue weighted by Gasteiger charge is 2.38. The summed E-state index contributed by atoms with van der Waals surface area (Å²) < 4.78 is 42.1. The van der Waals surface area contributed by atoms with Gasteiger partial charge in [-0.05, 0) is 29.8 Å². The summed E-state index contributed by atoms with van der Waals surface area (Å²) in [5.74, 6) is -1.61. The van der Waals surface area contributed by atoms with Crippen LogP contribution in [0.3, 0.4) is 0 Å². The van der Waals surface area contributed by atoms with Gasteiger partial charge in [-0.25, -0.2) is 0 Å². The molecule has 1 aromatic heterocycles. The molecule has 0 aliphatic rings. The number of alkyl halides is 3. The van der Waals surface area contributed by atoms with E-state index in [1.54, 1.807) is 60.5 Å². The third-order valence-corrected chi connectivity index (χ3v) is 4.93. The smallest absolute Gasteiger partial charge is 0.365 e. The van der Waals surface area contributed by atoms with Crippen molar-refractivity contribution in [2.75, 3.05) is 17.3 Å². The van der Waals surface area contributed by atoms with Gasteiger partial charge in [-0.1, -0.05) is 41.0 Å². The quantitative estimate of drug-likeness (QED) is 0.425. The van der Waals surface area contributed by atoms with Gasteiger partial charge in [0.25, 0.3) is 10.9 Å². The normalized spacial score (nSPS) is 11.7. The molecule has 32 heavy (non-hydrogen) atoms. The van der Waals surface area contributed by atoms with Gasteiger partial charge in [0.15, 0.2) is 0 Å². The van der Waals surface area contributed by atoms with Crippen molar-refractivity contribution >= 4 is 28.7 Å². The number of benzene rings is 2. The average molecular weight is 463 g/mol. The topological polar surface area (TPSA) is 88.3 Å². The molecule has 0 amide bonds. The fraction of sp³-hybridized carbons (Fsp3) is 0.143. The molecule has 0 fully saturated rings. The molecule has 4 rings (SSSR count). The van der Waals surface area contributed by atoms with Gasteiger partial charge in [0, 0.05) is 29.9 Å². The Balaban J connectivity index is 1.49. The number of nitrogens with zero attached hydrogens (tertiary/aromatic N) is 3. The standard InChI is InChI=1S/C21H14ClF3N4O3/c1-29(16-15(17(30)18(16)31)26-14-8-6-13(22)7-9-14)10-11-2-4-12(5-3-11)19-27-20(32-28-19)21(23,24)25/h2-9,26H,10H2,1H3. The Morgan fingerprint density at radius 1 is 1.03 bits per heavy atom. The van der Waals surface area contributed by atoms with Crippen LogP contribution in [0.2, 0.25) is 5.02 Å². The van der Waals surface area contributed by atoms with E-state index in [-0.39, 0.29) is 23.7 Å². The molecular weight excluding hydrogens is 449 g/mol. The van der Waals surface area contributed by atoms with Crippen LogP contribution in [0.25, 0.3) is 11.4 Å². The molecular formula is C21H14ClF3N4O3. The zero-order valence-corrected chi connectivity index (χ0v) is 17.2. The van der Waals surface area contributed by atoms with Gasteiger partial charge in [-0.2, -0.15) is 18.2 Å². The minimum atomic E-state index is -4.72. The first-order valence-corrected chi connectivity index (χ1v) is 9.58. The van der Waals surface area contributed by atoms with Gasteiger partial charge in [-0.3, -0.25) is 9.59 Å². The Hall–Kier alpha value is -3.66. The highest BCUT2D eigenvalue weighted by Crippen LogP contribution is 2.30. The zero-order valence-electron chi connectivity index (χ0n) is 16.4. The van der Waals surface area contributed by atoms with Crippen LogP contribution in [-0.2, 0) is 12.7 Å². The summed E-state index contributed by atoms with van der Waals surface area (Å²) in [6.07, 6.45) is -4.72. The molecule has 3 aromatic carbocycles. The third-order valence-electron chi connectivity index (χ3n) is 4.68. The van der Waals surface area contributed by atoms with Gasteiger partial charge in [0.05, 0.1) is 0 Å². The van der Waals surface area contributed by atoms with Gasteiger partial charge < -0.3 is 14.7 Å². The predicted molar refractivity (Wildman–Crippen MR) is 113 cm³/mol. The van der Waals surface area contributed by atoms with E-state index in [1.165, 1.54) is 0 Å². The molecule has 0 bridgehead atoms. The molecule has 0 saturated heterocycles. The Morgan fingerprint density at radius 2 is 1.69 bits per heavy atom. The van der Waals surface area contributed by atoms with Crippen molar-refractivity contribution in [3.63, 3.8) is 0 Å². The maximum absolute atomic E-state index is 12.6. The van der Waals surface area contributed by atoms with Crippen molar-refractivity contribution < 1.29 is 17.7 Å². The van der Waals surface area contributed by atoms with E-state index in [0.717, 1.165) is 5.56 Å². The van der Waals surface area contributed by atoms with E-state index in [9.17, 15) is 22.8 Å². The summed E-state index contributed by atoms with van der Waals surface area (Å²) in [5.41, 5.74) is 0.904. The van der Waals surface area contributed by atoms with Crippen LogP contribution in [0.1, 0.15) is 11.5 Å². The molecule has 164 valence electrons. The molecule has 0 radical (unpaired) electrons. The van der Waals surface area contributed by atoms with Gasteiger partial charge in [0.2, 0.25) is 5.82 Å². The number of nitrogens with one attached hydrogen (secondary N) is 1. The summed E-state index contributed by atoms with van der Waals surface area (Å²) >= 11 is 5.86. The molecule has 11 heteroatoms. The van der Waals surface area contributed by atoms with Crippen LogP contribution in [0.4, 0.5) is 30.2 Å². The highest BCUT2D eigenvalue weighted by molar-refractivity contribution is 6.30. The van der Waals surface area contributed by atoms with Crippen LogP contribution in [0.5, 0.6) is 0 Å². The molecule has 4 aromatic rings. The maximum Gasteiger partial charge on any atom is 0.471 e. The summed E-state index contributed by atoms with van der Waals surface area (Å²) in [7, 11) is 1.66. The molecule has 0 atom stereocenters. The average Bonchev–Trinajstić information content (AvgIpc) is 3.26. The molecule has 0 aliphatic carbocycles. The predicted octanol–water partition coefficient (Wildman–Crippen LogP) is 4.38. The second kappa shape index (κ2) is 8.12. The van der Waals surface area contributed by atoms with Crippen molar-refractivity contribution in [2.45, 2.75) is 12.7 Å². The number of hydrogen-bond donors (Lipinski definition) is 1. The summed E-state index contributed by atoms with van der Waals surface area (Å²) in [6.45, 7) is 0.278. The van der Waals surface area contributed by atoms with E-state index >= 15 is 0 Å². The van der Waals surface area contributed by atoms with Crippen molar-refractivity contribution in [3.8, 4) is 11.4 Å². The van der Waals surface area contributed by atoms with E-state index in [0.29, 0.717) is 16.3 Å². The SMILES string of the molecule is CN(Cc1ccc(-c2noc(C(F)(F)F)n2)cc1)c1c(Nc2ccc(Cl)cc2)c(=O)c1=O. The number of aromatic nitrogens is 2. The number of hydrogen-bond acceptors (Lipinski definition) is 7. The largest absolute Gasteiger partial charge is 0.471 e. The van der Waals surface area contributed by atoms with Gasteiger partial charge in [0.1, 0.15) is 11.4 Å². The Bertz CT molecular complexity index is 1320. The Kier molecular flexibility index (Phi) is 5.47. The molecule has 0 spiro atoms. The highest BCUT2D eigenvalue weighted by atomic mass is 35.5. The van der Waals surface area contributed by atoms with Crippen LogP contribution in [0.15, 0.2) is 62.6 Å². The fourth-order valence-electron chi connectivity index (χ4n) is 3.11. The molecule has 1 N–H and O–H groups in total. The van der Waals surface area contributed by atoms with Crippen molar-refractivity contribution in [3.05, 3.63) is 85.5 Å². The van der Waals surface area contributed by atoms with Crippen LogP contribution in [0, 0.1) is 0 Å². The number of anilines is 3. The first-order valence-electron chi connectivity index (χ1n) is 9.21. The number of rotatable bonds is 6. The first kappa shape index (κ1) is 21.6. The second-order valence-corrected chi connectivity index (χ2v) is 7.42. The lowest BCUT2D eigenvalue weighted by Gasteiger charge is -2.23. The minimum absolute atomic E-state index is 0.183. The van der Waals surface area contributed by atoms with E-state index in [2.05, 4.69) is 20.0 Å². The monoisotopic (exact) mass is 462 g/mol. The van der Waals surface area contributed by atoms with E-state index in [1.807, 2.05) is 0 Å². The van der Waals surface area contributed by atoms with Gasteiger partial charge in [-0.15, -0.1) is 0 Å². The zero-order chi connectivity index (χ0) is 23.0. The van der Waals surface area contributed by atoms with E-state index in [4.69, 9.17) is 11.6 Å². The van der Waals surface area contributed by atoms with E-state index < -0.39 is 22.9 Å². The summed E-state index contributed by atoms with van der Waals surface area (Å²) in [6, 6.07) is 13.1. The summed E-state index contributed by atoms with van der Waals surface area (Å²) in [4.78, 5) is 29.2. The summed E-state index contributed by atoms with van der Waals surface area (Å²) in [5, 5.41) is 6.82. The first-order chi connectivity index (χ1) is 15.1. The third kappa shape index (κ3) is 4.22. The molecule has 7 nitrogen and oxygen atoms in total. The molecule has 0 unspecified atom stereocenters. The lowest BCUT2D eigenvalue weighted by atomic mass is 10.1. The lowest BCUT2D eigenvalue weighted by Crippen LogP contribution is -2.40. The van der Waals surface area contributed by atoms with Crippen molar-refractivity contribution in [1.82, 2.24) is 10.1 Å². The van der Waals surface area contributed by atoms with Crippen LogP contribution < -0.4 is 21.1 Å². The fourth-order valence-corrected chi connectivity index (χ4v) is 3.23. The number of halogens is 4. The van der Waals surface area contributed by atoms with Crippen molar-refractivity contribution in [1.29, 1.82) is 0 Å². The maximum atomic E-state index is 12.6. The lowest BCUT2D eigenvalue weighted by molar-refractivity contribution is -0.159. The second-order valence-electron chi connectivity index (χ2n) is 6.99. The molecule has 0 aliphatic heterocycles.